The van der Waals surface area contributed by atoms with E-state index in [-0.39, 0.29) is 11.9 Å². The maximum atomic E-state index is 12.9. The summed E-state index contributed by atoms with van der Waals surface area (Å²) in [7, 11) is 3.20. The normalized spacial score (nSPS) is 17.0. The number of fused-ring (bicyclic) bond motifs is 1. The van der Waals surface area contributed by atoms with Crippen LogP contribution in [0, 0.1) is 0 Å². The molecule has 0 spiro atoms. The predicted molar refractivity (Wildman–Crippen MR) is 105 cm³/mol. The lowest BCUT2D eigenvalue weighted by Gasteiger charge is -2.31. The van der Waals surface area contributed by atoms with Crippen LogP contribution in [0.15, 0.2) is 36.5 Å². The maximum absolute atomic E-state index is 12.9. The van der Waals surface area contributed by atoms with Crippen molar-refractivity contribution in [2.75, 3.05) is 33.9 Å². The largest absolute Gasteiger partial charge is 0.493 e. The standard InChI is InChI=1S/C20H23N5O3/c1-13-12-24(9-8-21-13)20(26)15-11-19-22-7-6-16(25(19)23-15)14-4-5-17(27-2)18(10-14)28-3/h4-7,10-11,13,21H,8-9,12H2,1-3H3/t13-/m1/s1. The van der Waals surface area contributed by atoms with Gasteiger partial charge in [0.2, 0.25) is 0 Å². The lowest BCUT2D eigenvalue weighted by atomic mass is 10.1. The van der Waals surface area contributed by atoms with Crippen LogP contribution in [0.25, 0.3) is 16.9 Å². The summed E-state index contributed by atoms with van der Waals surface area (Å²) in [6, 6.07) is 9.53. The van der Waals surface area contributed by atoms with Gasteiger partial charge in [-0.2, -0.15) is 5.10 Å². The second-order valence-electron chi connectivity index (χ2n) is 6.81. The van der Waals surface area contributed by atoms with Gasteiger partial charge in [-0.25, -0.2) is 9.50 Å². The molecule has 0 radical (unpaired) electrons. The van der Waals surface area contributed by atoms with E-state index in [0.29, 0.717) is 35.9 Å². The smallest absolute Gasteiger partial charge is 0.274 e. The van der Waals surface area contributed by atoms with Crippen LogP contribution in [0.5, 0.6) is 11.5 Å². The summed E-state index contributed by atoms with van der Waals surface area (Å²) in [5.74, 6) is 1.21. The van der Waals surface area contributed by atoms with E-state index in [9.17, 15) is 4.79 Å². The minimum atomic E-state index is -0.0721. The van der Waals surface area contributed by atoms with Crippen LogP contribution in [0.4, 0.5) is 0 Å². The number of piperazine rings is 1. The number of carbonyl (C=O) groups is 1. The van der Waals surface area contributed by atoms with Crippen molar-refractivity contribution in [1.29, 1.82) is 0 Å². The highest BCUT2D eigenvalue weighted by molar-refractivity contribution is 5.93. The molecule has 2 aromatic heterocycles. The number of nitrogens with zero attached hydrogens (tertiary/aromatic N) is 4. The molecule has 1 aromatic carbocycles. The zero-order valence-corrected chi connectivity index (χ0v) is 16.2. The lowest BCUT2D eigenvalue weighted by Crippen LogP contribution is -2.51. The Morgan fingerprint density at radius 1 is 1.18 bits per heavy atom. The highest BCUT2D eigenvalue weighted by atomic mass is 16.5. The van der Waals surface area contributed by atoms with Gasteiger partial charge in [0, 0.05) is 43.5 Å². The Bertz CT molecular complexity index is 1020. The van der Waals surface area contributed by atoms with Crippen molar-refractivity contribution in [3.8, 4) is 22.8 Å². The highest BCUT2D eigenvalue weighted by Gasteiger charge is 2.24. The second kappa shape index (κ2) is 7.47. The molecule has 3 aromatic rings. The van der Waals surface area contributed by atoms with Crippen molar-refractivity contribution in [2.45, 2.75) is 13.0 Å². The van der Waals surface area contributed by atoms with E-state index in [0.717, 1.165) is 17.8 Å². The van der Waals surface area contributed by atoms with Crippen LogP contribution in [0.3, 0.4) is 0 Å². The first-order chi connectivity index (χ1) is 13.6. The van der Waals surface area contributed by atoms with Crippen LogP contribution >= 0.6 is 0 Å². The Kier molecular flexibility index (Phi) is 4.87. The number of aromatic nitrogens is 3. The van der Waals surface area contributed by atoms with Crippen molar-refractivity contribution in [1.82, 2.24) is 24.8 Å². The van der Waals surface area contributed by atoms with Crippen LogP contribution < -0.4 is 14.8 Å². The molecule has 0 bridgehead atoms. The fourth-order valence-corrected chi connectivity index (χ4v) is 3.49. The van der Waals surface area contributed by atoms with Gasteiger partial charge in [-0.3, -0.25) is 4.79 Å². The summed E-state index contributed by atoms with van der Waals surface area (Å²) >= 11 is 0. The van der Waals surface area contributed by atoms with Gasteiger partial charge >= 0.3 is 0 Å². The Morgan fingerprint density at radius 3 is 2.75 bits per heavy atom. The minimum Gasteiger partial charge on any atom is -0.493 e. The van der Waals surface area contributed by atoms with Gasteiger partial charge in [0.1, 0.15) is 0 Å². The van der Waals surface area contributed by atoms with E-state index in [2.05, 4.69) is 22.3 Å². The van der Waals surface area contributed by atoms with Crippen molar-refractivity contribution in [2.24, 2.45) is 0 Å². The molecule has 0 saturated carbocycles. The van der Waals surface area contributed by atoms with Gasteiger partial charge < -0.3 is 19.7 Å². The molecule has 1 N–H and O–H groups in total. The van der Waals surface area contributed by atoms with E-state index < -0.39 is 0 Å². The molecule has 1 amide bonds. The number of nitrogens with one attached hydrogen (secondary N) is 1. The number of amides is 1. The molecular formula is C20H23N5O3. The topological polar surface area (TPSA) is 81.0 Å². The number of benzene rings is 1. The first-order valence-corrected chi connectivity index (χ1v) is 9.20. The molecule has 146 valence electrons. The SMILES string of the molecule is COc1ccc(-c2ccnc3cc(C(=O)N4CCN[C@H](C)C4)nn23)cc1OC. The quantitative estimate of drug-likeness (QED) is 0.743. The van der Waals surface area contributed by atoms with Gasteiger partial charge in [0.15, 0.2) is 22.8 Å². The van der Waals surface area contributed by atoms with Gasteiger partial charge in [-0.15, -0.1) is 0 Å². The van der Waals surface area contributed by atoms with E-state index >= 15 is 0 Å². The zero-order chi connectivity index (χ0) is 19.7. The number of carbonyl (C=O) groups excluding carboxylic acids is 1. The molecule has 0 aliphatic carbocycles. The molecule has 8 heteroatoms. The van der Waals surface area contributed by atoms with E-state index in [1.54, 1.807) is 31.0 Å². The maximum Gasteiger partial charge on any atom is 0.274 e. The molecule has 1 aliphatic rings. The summed E-state index contributed by atoms with van der Waals surface area (Å²) in [6.45, 7) is 4.20. The third-order valence-electron chi connectivity index (χ3n) is 4.91. The summed E-state index contributed by atoms with van der Waals surface area (Å²) in [6.07, 6.45) is 1.71. The Morgan fingerprint density at radius 2 is 2.00 bits per heavy atom. The van der Waals surface area contributed by atoms with Crippen LogP contribution in [-0.4, -0.2) is 65.3 Å². The average Bonchev–Trinajstić information content (AvgIpc) is 3.17. The number of hydrogen-bond donors (Lipinski definition) is 1. The number of rotatable bonds is 4. The molecule has 8 nitrogen and oxygen atoms in total. The van der Waals surface area contributed by atoms with E-state index in [1.165, 1.54) is 0 Å². The Balaban J connectivity index is 1.72. The summed E-state index contributed by atoms with van der Waals surface area (Å²) in [5.41, 5.74) is 2.73. The Labute approximate surface area is 163 Å². The second-order valence-corrected chi connectivity index (χ2v) is 6.81. The molecule has 0 unspecified atom stereocenters. The third kappa shape index (κ3) is 3.27. The molecule has 28 heavy (non-hydrogen) atoms. The van der Waals surface area contributed by atoms with Crippen LogP contribution in [-0.2, 0) is 0 Å². The van der Waals surface area contributed by atoms with Gasteiger partial charge in [0.05, 0.1) is 19.9 Å². The van der Waals surface area contributed by atoms with Crippen molar-refractivity contribution in [3.63, 3.8) is 0 Å². The molecule has 1 saturated heterocycles. The first kappa shape index (κ1) is 18.2. The average molecular weight is 381 g/mol. The first-order valence-electron chi connectivity index (χ1n) is 9.20. The summed E-state index contributed by atoms with van der Waals surface area (Å²) in [5, 5.41) is 7.90. The minimum absolute atomic E-state index is 0.0721. The van der Waals surface area contributed by atoms with Crippen LogP contribution in [0.1, 0.15) is 17.4 Å². The van der Waals surface area contributed by atoms with Crippen molar-refractivity contribution in [3.05, 3.63) is 42.2 Å². The van der Waals surface area contributed by atoms with Crippen molar-refractivity contribution >= 4 is 11.6 Å². The number of hydrogen-bond acceptors (Lipinski definition) is 6. The molecule has 1 atom stereocenters. The van der Waals surface area contributed by atoms with Gasteiger partial charge in [-0.05, 0) is 31.2 Å². The predicted octanol–water partition coefficient (Wildman–Crippen LogP) is 1.85. The number of ether oxygens (including phenoxy) is 2. The van der Waals surface area contributed by atoms with Gasteiger partial charge in [0.25, 0.3) is 5.91 Å². The Hall–Kier alpha value is -3.13. The summed E-state index contributed by atoms with van der Waals surface area (Å²) in [4.78, 5) is 19.1. The molecule has 4 rings (SSSR count). The number of methoxy groups -OCH3 is 2. The monoisotopic (exact) mass is 381 g/mol. The molecule has 1 aliphatic heterocycles. The van der Waals surface area contributed by atoms with E-state index in [1.807, 2.05) is 29.2 Å². The lowest BCUT2D eigenvalue weighted by molar-refractivity contribution is 0.0703. The molecule has 3 heterocycles. The fourth-order valence-electron chi connectivity index (χ4n) is 3.49. The molecule has 1 fully saturated rings. The zero-order valence-electron chi connectivity index (χ0n) is 16.2. The highest BCUT2D eigenvalue weighted by Crippen LogP contribution is 2.32. The third-order valence-corrected chi connectivity index (χ3v) is 4.91. The van der Waals surface area contributed by atoms with Gasteiger partial charge in [-0.1, -0.05) is 0 Å². The fraction of sp³-hybridized carbons (Fsp3) is 0.350. The molecular weight excluding hydrogens is 358 g/mol. The van der Waals surface area contributed by atoms with E-state index in [4.69, 9.17) is 9.47 Å². The van der Waals surface area contributed by atoms with Crippen LogP contribution in [0.2, 0.25) is 0 Å². The van der Waals surface area contributed by atoms with Crippen molar-refractivity contribution < 1.29 is 14.3 Å². The summed E-state index contributed by atoms with van der Waals surface area (Å²) < 4.78 is 12.4.